The lowest BCUT2D eigenvalue weighted by Gasteiger charge is -2.50. The average molecular weight is 1910 g/mol. The zero-order valence-electron chi connectivity index (χ0n) is 73.5. The molecule has 4 aliphatic rings. The van der Waals surface area contributed by atoms with Crippen LogP contribution in [0.2, 0.25) is 0 Å². The van der Waals surface area contributed by atoms with Gasteiger partial charge in [-0.05, 0) is 88.5 Å². The number of ether oxygens (including phenoxy) is 21. The molecule has 20 atom stereocenters. The molecule has 0 aromatic heterocycles. The third-order valence-electron chi connectivity index (χ3n) is 22.0. The molecule has 33 heteroatoms. The van der Waals surface area contributed by atoms with Crippen LogP contribution < -0.4 is 5.32 Å². The molecule has 10 aromatic carbocycles. The monoisotopic (exact) mass is 1910 g/mol. The Balaban J connectivity index is 0.936. The van der Waals surface area contributed by atoms with Gasteiger partial charge < -0.3 is 105 Å². The van der Waals surface area contributed by atoms with Crippen molar-refractivity contribution in [2.24, 2.45) is 0 Å². The molecule has 135 heavy (non-hydrogen) atoms. The maximum Gasteiger partial charge on any atom is 0.407 e. The summed E-state index contributed by atoms with van der Waals surface area (Å²) in [5, 5.41) is 2.74. The molecule has 14 rings (SSSR count). The maximum absolute atomic E-state index is 15.7. The number of hydrogen-bond donors (Lipinski definition) is 1. The molecule has 0 unspecified atom stereocenters. The van der Waals surface area contributed by atoms with Crippen molar-refractivity contribution >= 4 is 82.7 Å². The zero-order chi connectivity index (χ0) is 94.4. The quantitative estimate of drug-likeness (QED) is 0.0212. The first-order valence-electron chi connectivity index (χ1n) is 43.5. The van der Waals surface area contributed by atoms with Crippen LogP contribution >= 0.6 is 34.8 Å². The van der Waals surface area contributed by atoms with E-state index in [-0.39, 0.29) is 67.5 Å². The molecule has 1 N–H and O–H groups in total. The summed E-state index contributed by atoms with van der Waals surface area (Å²) >= 11 is 19.0. The van der Waals surface area contributed by atoms with E-state index in [0.717, 1.165) is 30.5 Å². The highest BCUT2D eigenvalue weighted by Crippen LogP contribution is 2.41. The standard InChI is InChI=1S/C102H100Cl3NO29/c1-64(107)124-87-84(77(60-117-55-67-36-16-5-17-37-67)127-98(115-3)90(87)125-65(2)108)135-100-91(133-96(113)75-52-32-13-33-53-75)88(132-95(112)74-50-30-12-31-51-74)83(130-93(110)72-46-26-10-27-47-72)79(129-100)62-122-97-80(106-101(114)123-63-102(103,104)105)85(131-94(111)73-48-28-11-29-49-73)82(78(126-97)61-121-92(109)71-44-24-9-25-45-71)134-99-89(120-58-70-42-22-8-23-43-70)86(119-57-69-40-20-7-21-41-69)81(118-56-68-38-18-6-19-39-68)76(128-99)59-116-54-66-34-14-4-15-35-66/h4-53,76-91,97-100H,54-63H2,1-3H3,(H,106,114)/t76-,77-,78-,79-,80-,81+,82-,83+,84-,85-,86+,87+,88+,89-,90-,91-,97-,98+,99-,100+/m1/s1. The number of hydrogen-bond acceptors (Lipinski definition) is 29. The van der Waals surface area contributed by atoms with Crippen LogP contribution in [0.5, 0.6) is 0 Å². The third-order valence-corrected chi connectivity index (χ3v) is 22.3. The van der Waals surface area contributed by atoms with Crippen LogP contribution in [0, 0.1) is 0 Å². The number of rotatable bonds is 40. The van der Waals surface area contributed by atoms with Crippen LogP contribution in [0.3, 0.4) is 0 Å². The minimum absolute atomic E-state index is 0.0144. The summed E-state index contributed by atoms with van der Waals surface area (Å²) in [6.45, 7) is -1.39. The fraction of sp³-hybridized carbons (Fsp3) is 0.333. The van der Waals surface area contributed by atoms with Gasteiger partial charge >= 0.3 is 47.9 Å². The van der Waals surface area contributed by atoms with Gasteiger partial charge in [0.05, 0.1) is 80.7 Å². The molecule has 10 aromatic rings. The predicted molar refractivity (Wildman–Crippen MR) is 484 cm³/mol. The second-order valence-corrected chi connectivity index (χ2v) is 34.2. The largest absolute Gasteiger partial charge is 0.459 e. The summed E-state index contributed by atoms with van der Waals surface area (Å²) in [6, 6.07) is 82.6. The Bertz CT molecular complexity index is 5390. The second-order valence-electron chi connectivity index (χ2n) is 31.6. The number of benzene rings is 10. The second kappa shape index (κ2) is 49.6. The van der Waals surface area contributed by atoms with Gasteiger partial charge in [-0.25, -0.2) is 28.8 Å². The van der Waals surface area contributed by atoms with Crippen LogP contribution in [0.4, 0.5) is 4.79 Å². The fourth-order valence-corrected chi connectivity index (χ4v) is 15.8. The van der Waals surface area contributed by atoms with Gasteiger partial charge in [0.2, 0.25) is 3.79 Å². The fourth-order valence-electron chi connectivity index (χ4n) is 15.6. The lowest BCUT2D eigenvalue weighted by Crippen LogP contribution is -2.69. The van der Waals surface area contributed by atoms with Crippen molar-refractivity contribution in [2.75, 3.05) is 40.1 Å². The summed E-state index contributed by atoms with van der Waals surface area (Å²) in [5.41, 5.74) is 3.49. The highest BCUT2D eigenvalue weighted by atomic mass is 35.6. The maximum atomic E-state index is 15.7. The van der Waals surface area contributed by atoms with Crippen molar-refractivity contribution in [1.29, 1.82) is 0 Å². The zero-order valence-corrected chi connectivity index (χ0v) is 75.7. The number of methoxy groups -OCH3 is 1. The van der Waals surface area contributed by atoms with E-state index in [9.17, 15) is 14.4 Å². The lowest BCUT2D eigenvalue weighted by molar-refractivity contribution is -0.369. The van der Waals surface area contributed by atoms with E-state index in [0.29, 0.717) is 11.1 Å². The smallest absolute Gasteiger partial charge is 0.407 e. The average Bonchev–Trinajstić information content (AvgIpc) is 0.757. The van der Waals surface area contributed by atoms with Crippen molar-refractivity contribution < 1.29 is 138 Å². The van der Waals surface area contributed by atoms with Crippen LogP contribution in [0.15, 0.2) is 303 Å². The van der Waals surface area contributed by atoms with Crippen molar-refractivity contribution in [3.05, 3.63) is 359 Å². The number of carbonyl (C=O) groups excluding carboxylic acids is 8. The van der Waals surface area contributed by atoms with E-state index in [1.165, 1.54) is 67.8 Å². The Morgan fingerprint density at radius 3 is 1.01 bits per heavy atom. The molecular formula is C102H100Cl3NO29. The molecule has 1 amide bonds. The minimum Gasteiger partial charge on any atom is -0.459 e. The molecule has 0 spiro atoms. The number of amides is 1. The Hall–Kier alpha value is -11.9. The highest BCUT2D eigenvalue weighted by molar-refractivity contribution is 6.67. The summed E-state index contributed by atoms with van der Waals surface area (Å²) < 4.78 is 139. The van der Waals surface area contributed by atoms with E-state index < -0.39 is 201 Å². The predicted octanol–water partition coefficient (Wildman–Crippen LogP) is 14.6. The van der Waals surface area contributed by atoms with Gasteiger partial charge in [-0.1, -0.05) is 277 Å². The Labute approximate surface area is 793 Å². The molecular weight excluding hydrogens is 1810 g/mol. The van der Waals surface area contributed by atoms with Crippen LogP contribution in [-0.2, 0) is 142 Å². The van der Waals surface area contributed by atoms with Crippen molar-refractivity contribution in [2.45, 2.75) is 173 Å². The van der Waals surface area contributed by atoms with Crippen LogP contribution in [0.25, 0.3) is 0 Å². The molecule has 0 saturated carbocycles. The molecule has 4 saturated heterocycles. The number of alkyl carbamates (subject to hydrolysis) is 1. The lowest BCUT2D eigenvalue weighted by atomic mass is 9.94. The summed E-state index contributed by atoms with van der Waals surface area (Å²) in [7, 11) is 1.25. The Kier molecular flexibility index (Phi) is 36.4. The summed E-state index contributed by atoms with van der Waals surface area (Å²) in [6.07, 6.45) is -34.6. The number of esters is 7. The molecule has 4 aliphatic heterocycles. The summed E-state index contributed by atoms with van der Waals surface area (Å²) in [5.74, 6) is -7.11. The van der Waals surface area contributed by atoms with Crippen LogP contribution in [0.1, 0.15) is 93.5 Å². The SMILES string of the molecule is CO[C@H]1O[C@H](COCc2ccccc2)[C@@H](O[C@@H]2O[C@H](CO[C@@H]3O[C@H](COC(=O)c4ccccc4)[C@@H](O[C@H]4O[C@H](COCc5ccccc5)[C@H](OCc5ccccc5)[C@H](OCc5ccccc5)[C@H]4OCc4ccccc4)[C@H](OC(=O)c4ccccc4)[C@H]3NC(=O)OCC(Cl)(Cl)Cl)[C@H](OC(=O)c3ccccc3)[C@H](OC(=O)c3ccccc3)[C@H]2OC(=O)c2ccccc2)[C@H](OC(C)=O)[C@H]1OC(C)=O. The van der Waals surface area contributed by atoms with Gasteiger partial charge in [0.15, 0.2) is 61.8 Å². The first kappa shape index (κ1) is 99.1. The molecule has 0 aliphatic carbocycles. The van der Waals surface area contributed by atoms with E-state index in [4.69, 9.17) is 134 Å². The molecule has 4 heterocycles. The number of carbonyl (C=O) groups is 8. The van der Waals surface area contributed by atoms with E-state index in [1.807, 2.05) is 127 Å². The van der Waals surface area contributed by atoms with E-state index in [2.05, 4.69) is 5.32 Å². The summed E-state index contributed by atoms with van der Waals surface area (Å²) in [4.78, 5) is 119. The van der Waals surface area contributed by atoms with Gasteiger partial charge in [-0.3, -0.25) is 9.59 Å². The van der Waals surface area contributed by atoms with Gasteiger partial charge in [-0.15, -0.1) is 0 Å². The van der Waals surface area contributed by atoms with Crippen molar-refractivity contribution in [3.8, 4) is 0 Å². The molecule has 708 valence electrons. The normalized spacial score (nSPS) is 24.9. The van der Waals surface area contributed by atoms with Gasteiger partial charge in [-0.2, -0.15) is 0 Å². The number of alkyl halides is 3. The topological polar surface area (TPSA) is 342 Å². The molecule has 0 bridgehead atoms. The third kappa shape index (κ3) is 28.4. The van der Waals surface area contributed by atoms with Crippen molar-refractivity contribution in [3.63, 3.8) is 0 Å². The number of halogens is 3. The molecule has 30 nitrogen and oxygen atoms in total. The molecule has 0 radical (unpaired) electrons. The van der Waals surface area contributed by atoms with E-state index in [1.54, 1.807) is 115 Å². The minimum atomic E-state index is -2.27. The van der Waals surface area contributed by atoms with Crippen molar-refractivity contribution in [1.82, 2.24) is 5.32 Å². The van der Waals surface area contributed by atoms with Gasteiger partial charge in [0.1, 0.15) is 74.2 Å². The van der Waals surface area contributed by atoms with Gasteiger partial charge in [0, 0.05) is 21.0 Å². The Morgan fingerprint density at radius 1 is 0.289 bits per heavy atom. The highest BCUT2D eigenvalue weighted by Gasteiger charge is 2.61. The van der Waals surface area contributed by atoms with Gasteiger partial charge in [0.25, 0.3) is 0 Å². The first-order valence-corrected chi connectivity index (χ1v) is 44.7. The van der Waals surface area contributed by atoms with Crippen LogP contribution in [-0.4, -0.2) is 215 Å². The molecule has 4 fully saturated rings. The first-order chi connectivity index (χ1) is 65.6. The number of nitrogens with one attached hydrogen (secondary N) is 1. The van der Waals surface area contributed by atoms with E-state index >= 15 is 24.0 Å². The Morgan fingerprint density at radius 2 is 0.593 bits per heavy atom.